The van der Waals surface area contributed by atoms with Gasteiger partial charge in [0.1, 0.15) is 11.5 Å². The number of fused-ring (bicyclic) bond motifs is 1. The zero-order valence-electron chi connectivity index (χ0n) is 15.0. The summed E-state index contributed by atoms with van der Waals surface area (Å²) in [4.78, 5) is 7.09. The Labute approximate surface area is 149 Å². The van der Waals surface area contributed by atoms with E-state index in [4.69, 9.17) is 9.72 Å². The van der Waals surface area contributed by atoms with Gasteiger partial charge in [0, 0.05) is 43.3 Å². The number of anilines is 1. The predicted molar refractivity (Wildman–Crippen MR) is 105 cm³/mol. The second kappa shape index (κ2) is 7.99. The lowest BCUT2D eigenvalue weighted by molar-refractivity contribution is 0.446. The average Bonchev–Trinajstić information content (AvgIpc) is 2.67. The van der Waals surface area contributed by atoms with Crippen molar-refractivity contribution in [2.45, 2.75) is 13.8 Å². The molecule has 0 aliphatic carbocycles. The number of rotatable bonds is 5. The van der Waals surface area contributed by atoms with Crippen LogP contribution in [0.5, 0.6) is 5.75 Å². The molecule has 1 fully saturated rings. The van der Waals surface area contributed by atoms with Gasteiger partial charge in [-0.15, -0.1) is 0 Å². The molecule has 0 radical (unpaired) electrons. The van der Waals surface area contributed by atoms with Crippen LogP contribution in [0.1, 0.15) is 12.5 Å². The minimum Gasteiger partial charge on any atom is -0.456 e. The Bertz CT molecular complexity index is 817. The zero-order valence-corrected chi connectivity index (χ0v) is 15.0. The van der Waals surface area contributed by atoms with Crippen molar-refractivity contribution < 1.29 is 4.74 Å². The van der Waals surface area contributed by atoms with Crippen molar-refractivity contribution in [1.29, 1.82) is 0 Å². The number of nitrogens with one attached hydrogen (secondary N) is 1. The van der Waals surface area contributed by atoms with Crippen molar-refractivity contribution in [3.05, 3.63) is 66.6 Å². The smallest absolute Gasteiger partial charge is 0.141 e. The lowest BCUT2D eigenvalue weighted by atomic mass is 10.1. The molecule has 4 nitrogen and oxygen atoms in total. The van der Waals surface area contributed by atoms with E-state index in [9.17, 15) is 0 Å². The van der Waals surface area contributed by atoms with Crippen LogP contribution in [0.4, 0.5) is 5.69 Å². The Morgan fingerprint density at radius 3 is 2.84 bits per heavy atom. The third-order valence-corrected chi connectivity index (χ3v) is 4.34. The van der Waals surface area contributed by atoms with Crippen LogP contribution in [-0.4, -0.2) is 31.2 Å². The first-order valence-corrected chi connectivity index (χ1v) is 8.72. The van der Waals surface area contributed by atoms with Crippen molar-refractivity contribution in [2.75, 3.05) is 31.1 Å². The Morgan fingerprint density at radius 2 is 2.12 bits per heavy atom. The quantitative estimate of drug-likeness (QED) is 0.662. The fraction of sp³-hybridized carbons (Fsp3) is 0.286. The second-order valence-corrected chi connectivity index (χ2v) is 6.08. The van der Waals surface area contributed by atoms with Gasteiger partial charge < -0.3 is 15.0 Å². The van der Waals surface area contributed by atoms with Gasteiger partial charge in [-0.05, 0) is 38.1 Å². The SMILES string of the molecule is C=C/C(=C\C=C\C)Oc1c(C)cnc2c(N3CCNCC3)cccc12. The number of aryl methyl sites for hydroxylation is 1. The fourth-order valence-corrected chi connectivity index (χ4v) is 3.03. The zero-order chi connectivity index (χ0) is 17.6. The van der Waals surface area contributed by atoms with E-state index >= 15 is 0 Å². The normalized spacial score (nSPS) is 15.8. The number of pyridine rings is 1. The highest BCUT2D eigenvalue weighted by Crippen LogP contribution is 2.34. The molecular formula is C21H25N3O. The summed E-state index contributed by atoms with van der Waals surface area (Å²) in [5, 5.41) is 4.43. The molecule has 4 heteroatoms. The molecule has 3 rings (SSSR count). The van der Waals surface area contributed by atoms with Crippen LogP contribution in [0.3, 0.4) is 0 Å². The minimum absolute atomic E-state index is 0.723. The monoisotopic (exact) mass is 335 g/mol. The number of hydrogen-bond acceptors (Lipinski definition) is 4. The van der Waals surface area contributed by atoms with E-state index < -0.39 is 0 Å². The molecule has 0 spiro atoms. The van der Waals surface area contributed by atoms with Crippen LogP contribution in [0.2, 0.25) is 0 Å². The molecule has 0 atom stereocenters. The maximum Gasteiger partial charge on any atom is 0.141 e. The van der Waals surface area contributed by atoms with Crippen LogP contribution >= 0.6 is 0 Å². The van der Waals surface area contributed by atoms with Crippen molar-refractivity contribution in [1.82, 2.24) is 10.3 Å². The fourth-order valence-electron chi connectivity index (χ4n) is 3.03. The van der Waals surface area contributed by atoms with Crippen LogP contribution in [0.25, 0.3) is 10.9 Å². The van der Waals surface area contributed by atoms with E-state index in [1.165, 1.54) is 5.69 Å². The molecule has 0 bridgehead atoms. The summed E-state index contributed by atoms with van der Waals surface area (Å²) in [6, 6.07) is 6.30. The standard InChI is InChI=1S/C21H25N3O/c1-4-6-8-17(5-2)25-21-16(3)15-23-20-18(21)9-7-10-19(20)24-13-11-22-12-14-24/h4-10,15,22H,2,11-14H2,1,3H3/b6-4+,17-8+. The maximum atomic E-state index is 6.17. The highest BCUT2D eigenvalue weighted by Gasteiger charge is 2.17. The number of nitrogens with zero attached hydrogens (tertiary/aromatic N) is 2. The first-order chi connectivity index (χ1) is 12.2. The molecule has 1 aromatic carbocycles. The summed E-state index contributed by atoms with van der Waals surface area (Å²) >= 11 is 0. The van der Waals surface area contributed by atoms with Gasteiger partial charge in [-0.3, -0.25) is 4.98 Å². The molecule has 1 aliphatic rings. The van der Waals surface area contributed by atoms with Crippen molar-refractivity contribution >= 4 is 16.6 Å². The topological polar surface area (TPSA) is 37.4 Å². The summed E-state index contributed by atoms with van der Waals surface area (Å²) in [6.45, 7) is 11.8. The van der Waals surface area contributed by atoms with Crippen LogP contribution in [-0.2, 0) is 0 Å². The molecule has 0 saturated carbocycles. The number of allylic oxidation sites excluding steroid dienone is 4. The Morgan fingerprint density at radius 1 is 1.32 bits per heavy atom. The minimum atomic E-state index is 0.723. The lowest BCUT2D eigenvalue weighted by Gasteiger charge is -2.30. The summed E-state index contributed by atoms with van der Waals surface area (Å²) in [7, 11) is 0. The van der Waals surface area contributed by atoms with Gasteiger partial charge in [0.05, 0.1) is 11.2 Å². The van der Waals surface area contributed by atoms with Gasteiger partial charge in [-0.2, -0.15) is 0 Å². The summed E-state index contributed by atoms with van der Waals surface area (Å²) < 4.78 is 6.17. The number of benzene rings is 1. The van der Waals surface area contributed by atoms with Crippen molar-refractivity contribution in [2.24, 2.45) is 0 Å². The van der Waals surface area contributed by atoms with Gasteiger partial charge in [-0.1, -0.05) is 24.8 Å². The third-order valence-electron chi connectivity index (χ3n) is 4.34. The molecule has 25 heavy (non-hydrogen) atoms. The van der Waals surface area contributed by atoms with Gasteiger partial charge in [0.25, 0.3) is 0 Å². The summed E-state index contributed by atoms with van der Waals surface area (Å²) in [5.74, 6) is 1.57. The highest BCUT2D eigenvalue weighted by molar-refractivity contribution is 5.95. The molecule has 1 aliphatic heterocycles. The number of hydrogen-bond donors (Lipinski definition) is 1. The first-order valence-electron chi connectivity index (χ1n) is 8.72. The molecule has 0 amide bonds. The molecule has 0 unspecified atom stereocenters. The number of piperazine rings is 1. The van der Waals surface area contributed by atoms with E-state index in [0.717, 1.165) is 54.2 Å². The van der Waals surface area contributed by atoms with Gasteiger partial charge in [0.15, 0.2) is 0 Å². The third kappa shape index (κ3) is 3.74. The van der Waals surface area contributed by atoms with Crippen LogP contribution in [0.15, 0.2) is 61.0 Å². The van der Waals surface area contributed by atoms with E-state index in [-0.39, 0.29) is 0 Å². The van der Waals surface area contributed by atoms with Crippen LogP contribution < -0.4 is 15.0 Å². The summed E-state index contributed by atoms with van der Waals surface area (Å²) in [5.41, 5.74) is 3.17. The number of aromatic nitrogens is 1. The molecular weight excluding hydrogens is 310 g/mol. The first kappa shape index (κ1) is 17.2. The van der Waals surface area contributed by atoms with Crippen molar-refractivity contribution in [3.63, 3.8) is 0 Å². The lowest BCUT2D eigenvalue weighted by Crippen LogP contribution is -2.43. The predicted octanol–water partition coefficient (Wildman–Crippen LogP) is 3.98. The highest BCUT2D eigenvalue weighted by atomic mass is 16.5. The molecule has 2 aromatic rings. The average molecular weight is 335 g/mol. The molecule has 1 aromatic heterocycles. The molecule has 2 heterocycles. The Kier molecular flexibility index (Phi) is 5.51. The van der Waals surface area contributed by atoms with E-state index in [1.54, 1.807) is 6.08 Å². The van der Waals surface area contributed by atoms with Gasteiger partial charge >= 0.3 is 0 Å². The molecule has 1 saturated heterocycles. The van der Waals surface area contributed by atoms with Gasteiger partial charge in [-0.25, -0.2) is 0 Å². The van der Waals surface area contributed by atoms with Crippen LogP contribution in [0, 0.1) is 6.92 Å². The molecule has 1 N–H and O–H groups in total. The second-order valence-electron chi connectivity index (χ2n) is 6.08. The van der Waals surface area contributed by atoms with E-state index in [0.29, 0.717) is 0 Å². The van der Waals surface area contributed by atoms with Gasteiger partial charge in [0.2, 0.25) is 0 Å². The number of ether oxygens (including phenoxy) is 1. The van der Waals surface area contributed by atoms with E-state index in [1.807, 2.05) is 38.3 Å². The Hall–Kier alpha value is -2.59. The van der Waals surface area contributed by atoms with E-state index in [2.05, 4.69) is 35.0 Å². The molecule has 130 valence electrons. The van der Waals surface area contributed by atoms with Crippen molar-refractivity contribution in [3.8, 4) is 5.75 Å². The summed E-state index contributed by atoms with van der Waals surface area (Å²) in [6.07, 6.45) is 9.44. The Balaban J connectivity index is 2.06. The maximum absolute atomic E-state index is 6.17. The number of para-hydroxylation sites is 1. The largest absolute Gasteiger partial charge is 0.456 e.